The maximum absolute atomic E-state index is 11.2. The van der Waals surface area contributed by atoms with Crippen molar-refractivity contribution in [3.63, 3.8) is 0 Å². The van der Waals surface area contributed by atoms with Crippen LogP contribution in [0.1, 0.15) is 29.4 Å². The molecule has 1 aromatic rings. The van der Waals surface area contributed by atoms with E-state index in [1.54, 1.807) is 10.9 Å². The second-order valence-electron chi connectivity index (χ2n) is 3.58. The number of ether oxygens (including phenoxy) is 1. The summed E-state index contributed by atoms with van der Waals surface area (Å²) in [6.45, 7) is 1.93. The van der Waals surface area contributed by atoms with Crippen molar-refractivity contribution in [1.82, 2.24) is 20.3 Å². The van der Waals surface area contributed by atoms with Gasteiger partial charge in [0.1, 0.15) is 0 Å². The van der Waals surface area contributed by atoms with E-state index in [9.17, 15) is 4.79 Å². The Kier molecular flexibility index (Phi) is 2.96. The molecule has 0 saturated carbocycles. The molecule has 6 heteroatoms. The molecule has 0 aromatic carbocycles. The molecule has 1 unspecified atom stereocenters. The third-order valence-corrected chi connectivity index (χ3v) is 2.55. The fourth-order valence-electron chi connectivity index (χ4n) is 1.71. The Balaban J connectivity index is 2.08. The number of carbonyl (C=O) groups excluding carboxylic acids is 1. The van der Waals surface area contributed by atoms with Crippen LogP contribution < -0.4 is 5.32 Å². The summed E-state index contributed by atoms with van der Waals surface area (Å²) >= 11 is 0. The summed E-state index contributed by atoms with van der Waals surface area (Å²) in [6.07, 6.45) is 3.83. The van der Waals surface area contributed by atoms with Gasteiger partial charge in [0.15, 0.2) is 5.69 Å². The molecule has 1 aromatic heterocycles. The van der Waals surface area contributed by atoms with Crippen LogP contribution in [0.15, 0.2) is 6.20 Å². The van der Waals surface area contributed by atoms with Crippen LogP contribution in [0.25, 0.3) is 0 Å². The number of hydrogen-bond donors (Lipinski definition) is 1. The van der Waals surface area contributed by atoms with Crippen LogP contribution in [0.5, 0.6) is 0 Å². The third kappa shape index (κ3) is 2.15. The molecule has 1 saturated heterocycles. The highest BCUT2D eigenvalue weighted by molar-refractivity contribution is 5.86. The first-order chi connectivity index (χ1) is 7.31. The Morgan fingerprint density at radius 1 is 1.73 bits per heavy atom. The molecule has 82 valence electrons. The molecular weight excluding hydrogens is 196 g/mol. The lowest BCUT2D eigenvalue weighted by Gasteiger charge is -2.22. The van der Waals surface area contributed by atoms with Crippen LogP contribution in [0.2, 0.25) is 0 Å². The van der Waals surface area contributed by atoms with E-state index in [0.29, 0.717) is 6.04 Å². The lowest BCUT2D eigenvalue weighted by molar-refractivity contribution is 0.0594. The second kappa shape index (κ2) is 4.39. The molecule has 15 heavy (non-hydrogen) atoms. The van der Waals surface area contributed by atoms with Gasteiger partial charge in [0.05, 0.1) is 19.3 Å². The van der Waals surface area contributed by atoms with Gasteiger partial charge < -0.3 is 10.1 Å². The van der Waals surface area contributed by atoms with Crippen molar-refractivity contribution in [2.24, 2.45) is 0 Å². The summed E-state index contributed by atoms with van der Waals surface area (Å²) in [7, 11) is 1.34. The van der Waals surface area contributed by atoms with E-state index in [-0.39, 0.29) is 5.69 Å². The maximum Gasteiger partial charge on any atom is 0.360 e. The fraction of sp³-hybridized carbons (Fsp3) is 0.667. The number of carbonyl (C=O) groups is 1. The molecule has 1 aliphatic rings. The number of rotatable bonds is 2. The van der Waals surface area contributed by atoms with Gasteiger partial charge in [-0.05, 0) is 19.4 Å². The highest BCUT2D eigenvalue weighted by Crippen LogP contribution is 2.15. The van der Waals surface area contributed by atoms with E-state index in [0.717, 1.165) is 25.9 Å². The minimum absolute atomic E-state index is 0.267. The van der Waals surface area contributed by atoms with Gasteiger partial charge in [0.25, 0.3) is 0 Å². The molecule has 2 rings (SSSR count). The Hall–Kier alpha value is -1.43. The lowest BCUT2D eigenvalue weighted by Crippen LogP contribution is -2.31. The molecule has 0 bridgehead atoms. The smallest absolute Gasteiger partial charge is 0.360 e. The van der Waals surface area contributed by atoms with Gasteiger partial charge in [-0.2, -0.15) is 0 Å². The molecule has 2 heterocycles. The lowest BCUT2D eigenvalue weighted by atomic mass is 10.1. The maximum atomic E-state index is 11.2. The van der Waals surface area contributed by atoms with E-state index < -0.39 is 5.97 Å². The number of piperidine rings is 1. The number of methoxy groups -OCH3 is 1. The van der Waals surface area contributed by atoms with Crippen LogP contribution in [0, 0.1) is 0 Å². The summed E-state index contributed by atoms with van der Waals surface area (Å²) in [4.78, 5) is 11.2. The predicted molar refractivity (Wildman–Crippen MR) is 52.5 cm³/mol. The zero-order valence-electron chi connectivity index (χ0n) is 8.64. The average molecular weight is 210 g/mol. The van der Waals surface area contributed by atoms with Gasteiger partial charge >= 0.3 is 5.97 Å². The molecule has 0 spiro atoms. The van der Waals surface area contributed by atoms with Gasteiger partial charge in [-0.25, -0.2) is 9.48 Å². The molecule has 1 N–H and O–H groups in total. The monoisotopic (exact) mass is 210 g/mol. The first-order valence-electron chi connectivity index (χ1n) is 5.02. The minimum Gasteiger partial charge on any atom is -0.464 e. The summed E-state index contributed by atoms with van der Waals surface area (Å²) < 4.78 is 6.30. The van der Waals surface area contributed by atoms with Crippen LogP contribution in [-0.2, 0) is 4.74 Å². The highest BCUT2D eigenvalue weighted by Gasteiger charge is 2.18. The second-order valence-corrected chi connectivity index (χ2v) is 3.58. The predicted octanol–water partition coefficient (Wildman–Crippen LogP) is -0.0108. The molecule has 0 aliphatic carbocycles. The van der Waals surface area contributed by atoms with Crippen molar-refractivity contribution in [2.45, 2.75) is 18.9 Å². The number of esters is 1. The Labute approximate surface area is 87.6 Å². The standard InChI is InChI=1S/C9H14N4O2/c1-15-9(14)8-6-13(12-11-8)7-3-2-4-10-5-7/h6-7,10H,2-5H2,1H3. The number of nitrogens with one attached hydrogen (secondary N) is 1. The van der Waals surface area contributed by atoms with Crippen LogP contribution in [0.3, 0.4) is 0 Å². The van der Waals surface area contributed by atoms with Gasteiger partial charge in [0, 0.05) is 6.54 Å². The van der Waals surface area contributed by atoms with Gasteiger partial charge in [-0.3, -0.25) is 0 Å². The van der Waals surface area contributed by atoms with Crippen molar-refractivity contribution in [3.8, 4) is 0 Å². The van der Waals surface area contributed by atoms with E-state index in [1.807, 2.05) is 0 Å². The summed E-state index contributed by atoms with van der Waals surface area (Å²) in [5.41, 5.74) is 0.267. The number of nitrogens with zero attached hydrogens (tertiary/aromatic N) is 3. The molecule has 1 aliphatic heterocycles. The molecule has 0 radical (unpaired) electrons. The van der Waals surface area contributed by atoms with Gasteiger partial charge in [0.2, 0.25) is 0 Å². The van der Waals surface area contributed by atoms with E-state index in [4.69, 9.17) is 0 Å². The largest absolute Gasteiger partial charge is 0.464 e. The topological polar surface area (TPSA) is 69.0 Å². The Morgan fingerprint density at radius 2 is 2.60 bits per heavy atom. The first kappa shape index (κ1) is 10.1. The number of hydrogen-bond acceptors (Lipinski definition) is 5. The van der Waals surface area contributed by atoms with Gasteiger partial charge in [-0.15, -0.1) is 5.10 Å². The highest BCUT2D eigenvalue weighted by atomic mass is 16.5. The van der Waals surface area contributed by atoms with Crippen LogP contribution in [-0.4, -0.2) is 41.2 Å². The van der Waals surface area contributed by atoms with Crippen molar-refractivity contribution >= 4 is 5.97 Å². The van der Waals surface area contributed by atoms with Crippen LogP contribution in [0.4, 0.5) is 0 Å². The Bertz CT molecular complexity index is 344. The normalized spacial score (nSPS) is 21.3. The van der Waals surface area contributed by atoms with E-state index >= 15 is 0 Å². The zero-order valence-corrected chi connectivity index (χ0v) is 8.64. The van der Waals surface area contributed by atoms with Crippen molar-refractivity contribution in [1.29, 1.82) is 0 Å². The van der Waals surface area contributed by atoms with Crippen molar-refractivity contribution in [2.75, 3.05) is 20.2 Å². The third-order valence-electron chi connectivity index (χ3n) is 2.55. The quantitative estimate of drug-likeness (QED) is 0.695. The average Bonchev–Trinajstić information content (AvgIpc) is 2.78. The summed E-state index contributed by atoms with van der Waals surface area (Å²) in [5, 5.41) is 11.0. The van der Waals surface area contributed by atoms with Crippen molar-refractivity contribution < 1.29 is 9.53 Å². The van der Waals surface area contributed by atoms with E-state index in [2.05, 4.69) is 20.4 Å². The Morgan fingerprint density at radius 3 is 3.27 bits per heavy atom. The van der Waals surface area contributed by atoms with Crippen LogP contribution >= 0.6 is 0 Å². The summed E-state index contributed by atoms with van der Waals surface area (Å²) in [6, 6.07) is 0.296. The molecule has 0 amide bonds. The summed E-state index contributed by atoms with van der Waals surface area (Å²) in [5.74, 6) is -0.440. The SMILES string of the molecule is COC(=O)c1cn(C2CCCNC2)nn1. The van der Waals surface area contributed by atoms with Crippen molar-refractivity contribution in [3.05, 3.63) is 11.9 Å². The first-order valence-corrected chi connectivity index (χ1v) is 5.02. The molecule has 6 nitrogen and oxygen atoms in total. The fourth-order valence-corrected chi connectivity index (χ4v) is 1.71. The minimum atomic E-state index is -0.440. The van der Waals surface area contributed by atoms with Gasteiger partial charge in [-0.1, -0.05) is 5.21 Å². The zero-order chi connectivity index (χ0) is 10.7. The van der Waals surface area contributed by atoms with E-state index in [1.165, 1.54) is 7.11 Å². The number of aromatic nitrogens is 3. The molecule has 1 fully saturated rings. The molecule has 1 atom stereocenters. The molecular formula is C9H14N4O2.